The van der Waals surface area contributed by atoms with Crippen LogP contribution in [0.5, 0.6) is 0 Å². The number of urea groups is 1. The average Bonchev–Trinajstić information content (AvgIpc) is 3.23. The molecule has 2 aromatic carbocycles. The van der Waals surface area contributed by atoms with Gasteiger partial charge < -0.3 is 4.42 Å². The van der Waals surface area contributed by atoms with E-state index in [0.717, 1.165) is 4.90 Å². The van der Waals surface area contributed by atoms with Crippen molar-refractivity contribution in [1.82, 2.24) is 5.32 Å². The summed E-state index contributed by atoms with van der Waals surface area (Å²) in [7, 11) is 0. The minimum Gasteiger partial charge on any atom is -0.457 e. The summed E-state index contributed by atoms with van der Waals surface area (Å²) in [5.41, 5.74) is 0.467. The number of anilines is 1. The first kappa shape index (κ1) is 22.3. The second-order valence-electron chi connectivity index (χ2n) is 6.97. The zero-order valence-electron chi connectivity index (χ0n) is 16.8. The molecule has 0 radical (unpaired) electrons. The Hall–Kier alpha value is -3.95. The number of imide groups is 2. The van der Waals surface area contributed by atoms with Crippen LogP contribution in [0.2, 0.25) is 10.0 Å². The van der Waals surface area contributed by atoms with Gasteiger partial charge in [-0.3, -0.25) is 25.0 Å². The molecule has 1 saturated heterocycles. The molecule has 1 aromatic heterocycles. The third kappa shape index (κ3) is 4.11. The molecule has 166 valence electrons. The molecule has 1 fully saturated rings. The molecule has 2 heterocycles. The van der Waals surface area contributed by atoms with Crippen molar-refractivity contribution in [3.05, 3.63) is 85.6 Å². The molecule has 0 aliphatic carbocycles. The van der Waals surface area contributed by atoms with Crippen molar-refractivity contribution in [2.24, 2.45) is 0 Å². The number of furan rings is 1. The second-order valence-corrected chi connectivity index (χ2v) is 7.78. The lowest BCUT2D eigenvalue weighted by atomic mass is 10.1. The highest BCUT2D eigenvalue weighted by molar-refractivity contribution is 6.39. The van der Waals surface area contributed by atoms with Crippen LogP contribution < -0.4 is 10.2 Å². The molecule has 33 heavy (non-hydrogen) atoms. The first-order valence-corrected chi connectivity index (χ1v) is 10.1. The maximum atomic E-state index is 13.1. The second kappa shape index (κ2) is 8.53. The number of carbonyl (C=O) groups excluding carboxylic acids is 3. The van der Waals surface area contributed by atoms with E-state index >= 15 is 0 Å². The lowest BCUT2D eigenvalue weighted by Crippen LogP contribution is -2.54. The number of hydrogen-bond donors (Lipinski definition) is 1. The summed E-state index contributed by atoms with van der Waals surface area (Å²) in [5.74, 6) is -1.36. The standard InChI is InChI=1S/C22H13Cl2N3O6/c1-11-15(23)3-2-4-17(11)26-21(29)14(20(28)25-22(26)30)10-13-6-8-19(33-13)12-5-7-16(24)18(9-12)27(31)32/h2-10H,1H3,(H,25,28,30)/b14-10-. The van der Waals surface area contributed by atoms with E-state index in [1.54, 1.807) is 19.1 Å². The molecule has 0 unspecified atom stereocenters. The largest absolute Gasteiger partial charge is 0.457 e. The average molecular weight is 486 g/mol. The first-order chi connectivity index (χ1) is 15.7. The van der Waals surface area contributed by atoms with E-state index in [-0.39, 0.29) is 33.5 Å². The fourth-order valence-electron chi connectivity index (χ4n) is 3.25. The third-order valence-electron chi connectivity index (χ3n) is 4.92. The lowest BCUT2D eigenvalue weighted by Gasteiger charge is -2.27. The van der Waals surface area contributed by atoms with Crippen LogP contribution in [0.1, 0.15) is 11.3 Å². The lowest BCUT2D eigenvalue weighted by molar-refractivity contribution is -0.384. The highest BCUT2D eigenvalue weighted by Gasteiger charge is 2.37. The van der Waals surface area contributed by atoms with E-state index in [4.69, 9.17) is 27.6 Å². The Kier molecular flexibility index (Phi) is 5.75. The molecule has 1 aliphatic rings. The van der Waals surface area contributed by atoms with Gasteiger partial charge in [-0.15, -0.1) is 0 Å². The maximum absolute atomic E-state index is 13.1. The number of nitro groups is 1. The van der Waals surface area contributed by atoms with Gasteiger partial charge in [0.2, 0.25) is 0 Å². The summed E-state index contributed by atoms with van der Waals surface area (Å²) < 4.78 is 5.66. The van der Waals surface area contributed by atoms with Crippen LogP contribution in [0.15, 0.2) is 58.5 Å². The quantitative estimate of drug-likeness (QED) is 0.236. The summed E-state index contributed by atoms with van der Waals surface area (Å²) in [6.07, 6.45) is 1.19. The SMILES string of the molecule is Cc1c(Cl)cccc1N1C(=O)NC(=O)/C(=C/c2ccc(-c3ccc(Cl)c([N+](=O)[O-])c3)o2)C1=O. The highest BCUT2D eigenvalue weighted by Crippen LogP contribution is 2.33. The number of nitrogens with one attached hydrogen (secondary N) is 1. The number of nitrogens with zero attached hydrogens (tertiary/aromatic N) is 2. The summed E-state index contributed by atoms with van der Waals surface area (Å²) >= 11 is 11.9. The van der Waals surface area contributed by atoms with Crippen molar-refractivity contribution in [2.45, 2.75) is 6.92 Å². The minimum absolute atomic E-state index is 0.0248. The fraction of sp³-hybridized carbons (Fsp3) is 0.0455. The predicted molar refractivity (Wildman–Crippen MR) is 121 cm³/mol. The normalized spacial score (nSPS) is 15.2. The van der Waals surface area contributed by atoms with Crippen LogP contribution in [0.3, 0.4) is 0 Å². The molecule has 11 heteroatoms. The molecular formula is C22H13Cl2N3O6. The van der Waals surface area contributed by atoms with E-state index in [1.165, 1.54) is 42.5 Å². The Labute approximate surface area is 196 Å². The van der Waals surface area contributed by atoms with Crippen LogP contribution in [-0.4, -0.2) is 22.8 Å². The molecule has 0 saturated carbocycles. The van der Waals surface area contributed by atoms with Gasteiger partial charge in [-0.25, -0.2) is 9.69 Å². The van der Waals surface area contributed by atoms with Gasteiger partial charge >= 0.3 is 6.03 Å². The van der Waals surface area contributed by atoms with Gasteiger partial charge in [0.05, 0.1) is 10.6 Å². The van der Waals surface area contributed by atoms with Gasteiger partial charge in [-0.1, -0.05) is 29.3 Å². The maximum Gasteiger partial charge on any atom is 0.335 e. The topological polar surface area (TPSA) is 123 Å². The number of hydrogen-bond acceptors (Lipinski definition) is 6. The van der Waals surface area contributed by atoms with E-state index in [0.29, 0.717) is 16.1 Å². The molecule has 9 nitrogen and oxygen atoms in total. The summed E-state index contributed by atoms with van der Waals surface area (Å²) in [6, 6.07) is 11.0. The van der Waals surface area contributed by atoms with Crippen molar-refractivity contribution in [3.63, 3.8) is 0 Å². The Bertz CT molecular complexity index is 1380. The van der Waals surface area contributed by atoms with Gasteiger partial charge in [-0.2, -0.15) is 0 Å². The van der Waals surface area contributed by atoms with E-state index in [9.17, 15) is 24.5 Å². The number of nitro benzene ring substituents is 1. The first-order valence-electron chi connectivity index (χ1n) is 9.38. The van der Waals surface area contributed by atoms with Gasteiger partial charge in [0, 0.05) is 16.7 Å². The Morgan fingerprint density at radius 1 is 1.06 bits per heavy atom. The number of halogens is 2. The highest BCUT2D eigenvalue weighted by atomic mass is 35.5. The number of barbiturate groups is 1. The Morgan fingerprint density at radius 2 is 1.82 bits per heavy atom. The summed E-state index contributed by atoms with van der Waals surface area (Å²) in [4.78, 5) is 49.1. The number of carbonyl (C=O) groups is 3. The van der Waals surface area contributed by atoms with Gasteiger partial charge in [0.15, 0.2) is 0 Å². The van der Waals surface area contributed by atoms with Gasteiger partial charge in [0.25, 0.3) is 17.5 Å². The zero-order chi connectivity index (χ0) is 23.9. The molecule has 0 atom stereocenters. The number of amides is 4. The van der Waals surface area contributed by atoms with E-state index in [2.05, 4.69) is 5.32 Å². The molecule has 1 N–H and O–H groups in total. The minimum atomic E-state index is -0.902. The van der Waals surface area contributed by atoms with Crippen LogP contribution in [-0.2, 0) is 9.59 Å². The molecule has 3 aromatic rings. The Morgan fingerprint density at radius 3 is 2.55 bits per heavy atom. The van der Waals surface area contributed by atoms with Crippen molar-refractivity contribution < 1.29 is 23.7 Å². The van der Waals surface area contributed by atoms with Crippen LogP contribution in [0.4, 0.5) is 16.2 Å². The van der Waals surface area contributed by atoms with Crippen molar-refractivity contribution in [3.8, 4) is 11.3 Å². The molecular weight excluding hydrogens is 473 g/mol. The smallest absolute Gasteiger partial charge is 0.335 e. The van der Waals surface area contributed by atoms with Gasteiger partial charge in [-0.05, 0) is 55.0 Å². The molecule has 4 rings (SSSR count). The monoisotopic (exact) mass is 485 g/mol. The van der Waals surface area contributed by atoms with Crippen molar-refractivity contribution in [2.75, 3.05) is 4.90 Å². The summed E-state index contributed by atoms with van der Waals surface area (Å²) in [5, 5.41) is 13.6. The van der Waals surface area contributed by atoms with Gasteiger partial charge in [0.1, 0.15) is 22.1 Å². The summed E-state index contributed by atoms with van der Waals surface area (Å²) in [6.45, 7) is 1.64. The van der Waals surface area contributed by atoms with Crippen molar-refractivity contribution in [1.29, 1.82) is 0 Å². The van der Waals surface area contributed by atoms with Crippen molar-refractivity contribution >= 4 is 58.5 Å². The van der Waals surface area contributed by atoms with E-state index in [1.807, 2.05) is 0 Å². The molecule has 0 spiro atoms. The molecule has 1 aliphatic heterocycles. The Balaban J connectivity index is 1.70. The zero-order valence-corrected chi connectivity index (χ0v) is 18.3. The third-order valence-corrected chi connectivity index (χ3v) is 5.65. The van der Waals surface area contributed by atoms with Crippen LogP contribution in [0, 0.1) is 17.0 Å². The predicted octanol–water partition coefficient (Wildman–Crippen LogP) is 5.14. The van der Waals surface area contributed by atoms with Crippen LogP contribution >= 0.6 is 23.2 Å². The number of rotatable bonds is 4. The number of benzene rings is 2. The molecule has 0 bridgehead atoms. The fourth-order valence-corrected chi connectivity index (χ4v) is 3.60. The van der Waals surface area contributed by atoms with Crippen LogP contribution in [0.25, 0.3) is 17.4 Å². The van der Waals surface area contributed by atoms with E-state index < -0.39 is 22.8 Å². The molecule has 4 amide bonds.